The predicted octanol–water partition coefficient (Wildman–Crippen LogP) is 3.06. The Kier molecular flexibility index (Phi) is 5.72. The van der Waals surface area contributed by atoms with Gasteiger partial charge in [-0.1, -0.05) is 20.8 Å². The number of nitrogens with one attached hydrogen (secondary N) is 1. The summed E-state index contributed by atoms with van der Waals surface area (Å²) in [7, 11) is 0. The predicted molar refractivity (Wildman–Crippen MR) is 67.7 cm³/mol. The Morgan fingerprint density at radius 1 is 1.21 bits per heavy atom. The second-order valence-corrected chi connectivity index (χ2v) is 5.00. The van der Waals surface area contributed by atoms with Crippen molar-refractivity contribution in [2.45, 2.75) is 45.8 Å². The molecular weight excluding hydrogens is 255 g/mol. The lowest BCUT2D eigenvalue weighted by atomic mass is 9.99. The standard InChI is InChI=1S/C13H20F3N3/c1-4-17-11(7-9(2)3)8-10-5-6-12(19-18-10)13(14,15)16/h5-6,9,11,17H,4,7-8H2,1-3H3. The van der Waals surface area contributed by atoms with Crippen LogP contribution in [0.25, 0.3) is 0 Å². The molecule has 0 amide bonds. The van der Waals surface area contributed by atoms with E-state index in [1.165, 1.54) is 6.07 Å². The van der Waals surface area contributed by atoms with Crippen LogP contribution in [0.15, 0.2) is 12.1 Å². The van der Waals surface area contributed by atoms with Crippen LogP contribution in [0.1, 0.15) is 38.6 Å². The molecule has 0 aliphatic heterocycles. The summed E-state index contributed by atoms with van der Waals surface area (Å²) >= 11 is 0. The lowest BCUT2D eigenvalue weighted by Gasteiger charge is -2.19. The van der Waals surface area contributed by atoms with Gasteiger partial charge in [-0.05, 0) is 31.0 Å². The third kappa shape index (κ3) is 5.55. The number of hydrogen-bond acceptors (Lipinski definition) is 3. The summed E-state index contributed by atoms with van der Waals surface area (Å²) in [6.07, 6.45) is -2.88. The minimum atomic E-state index is -4.43. The Morgan fingerprint density at radius 2 is 1.89 bits per heavy atom. The van der Waals surface area contributed by atoms with Gasteiger partial charge < -0.3 is 5.32 Å². The molecule has 0 bridgehead atoms. The number of rotatable bonds is 6. The second kappa shape index (κ2) is 6.84. The zero-order chi connectivity index (χ0) is 14.5. The summed E-state index contributed by atoms with van der Waals surface area (Å²) in [5.41, 5.74) is -0.361. The van der Waals surface area contributed by atoms with Crippen molar-refractivity contribution in [3.8, 4) is 0 Å². The van der Waals surface area contributed by atoms with Crippen molar-refractivity contribution in [3.63, 3.8) is 0 Å². The number of alkyl halides is 3. The Labute approximate surface area is 111 Å². The van der Waals surface area contributed by atoms with Crippen LogP contribution in [0.2, 0.25) is 0 Å². The highest BCUT2D eigenvalue weighted by Crippen LogP contribution is 2.26. The molecule has 1 atom stereocenters. The van der Waals surface area contributed by atoms with Crippen molar-refractivity contribution in [1.29, 1.82) is 0 Å². The Balaban J connectivity index is 2.69. The molecule has 6 heteroatoms. The van der Waals surface area contributed by atoms with Crippen LogP contribution in [-0.2, 0) is 12.6 Å². The van der Waals surface area contributed by atoms with Crippen molar-refractivity contribution in [2.75, 3.05) is 6.54 Å². The van der Waals surface area contributed by atoms with Gasteiger partial charge in [0.25, 0.3) is 0 Å². The smallest absolute Gasteiger partial charge is 0.314 e. The maximum atomic E-state index is 12.4. The van der Waals surface area contributed by atoms with Crippen molar-refractivity contribution in [1.82, 2.24) is 15.5 Å². The van der Waals surface area contributed by atoms with Crippen molar-refractivity contribution >= 4 is 0 Å². The molecule has 1 aromatic heterocycles. The summed E-state index contributed by atoms with van der Waals surface area (Å²) in [5, 5.41) is 10.2. The molecule has 3 nitrogen and oxygen atoms in total. The highest BCUT2D eigenvalue weighted by Gasteiger charge is 2.32. The largest absolute Gasteiger partial charge is 0.435 e. The molecule has 1 N–H and O–H groups in total. The van der Waals surface area contributed by atoms with Gasteiger partial charge >= 0.3 is 6.18 Å². The van der Waals surface area contributed by atoms with E-state index in [9.17, 15) is 13.2 Å². The summed E-state index contributed by atoms with van der Waals surface area (Å²) in [4.78, 5) is 0. The molecule has 19 heavy (non-hydrogen) atoms. The quantitative estimate of drug-likeness (QED) is 0.867. The van der Waals surface area contributed by atoms with Gasteiger partial charge in [0, 0.05) is 12.5 Å². The molecule has 1 unspecified atom stereocenters. The molecule has 1 heterocycles. The zero-order valence-corrected chi connectivity index (χ0v) is 11.5. The lowest BCUT2D eigenvalue weighted by molar-refractivity contribution is -0.141. The maximum Gasteiger partial charge on any atom is 0.435 e. The molecule has 0 saturated heterocycles. The first-order valence-corrected chi connectivity index (χ1v) is 6.46. The van der Waals surface area contributed by atoms with E-state index in [0.717, 1.165) is 19.0 Å². The van der Waals surface area contributed by atoms with E-state index < -0.39 is 11.9 Å². The van der Waals surface area contributed by atoms with Gasteiger partial charge in [-0.2, -0.15) is 18.3 Å². The van der Waals surface area contributed by atoms with Gasteiger partial charge in [-0.15, -0.1) is 5.10 Å². The van der Waals surface area contributed by atoms with Crippen LogP contribution >= 0.6 is 0 Å². The molecule has 1 rings (SSSR count). The van der Waals surface area contributed by atoms with Crippen molar-refractivity contribution < 1.29 is 13.2 Å². The first-order chi connectivity index (χ1) is 8.82. The zero-order valence-electron chi connectivity index (χ0n) is 11.5. The number of hydrogen-bond donors (Lipinski definition) is 1. The average Bonchev–Trinajstić information content (AvgIpc) is 2.28. The van der Waals surface area contributed by atoms with Gasteiger partial charge in [0.1, 0.15) is 0 Å². The minimum absolute atomic E-state index is 0.219. The monoisotopic (exact) mass is 275 g/mol. The highest BCUT2D eigenvalue weighted by molar-refractivity contribution is 5.10. The number of aromatic nitrogens is 2. The van der Waals surface area contributed by atoms with Crippen LogP contribution in [0.4, 0.5) is 13.2 Å². The lowest BCUT2D eigenvalue weighted by Crippen LogP contribution is -2.32. The van der Waals surface area contributed by atoms with Crippen LogP contribution < -0.4 is 5.32 Å². The Bertz CT molecular complexity index is 374. The normalized spacial score (nSPS) is 13.8. The third-order valence-electron chi connectivity index (χ3n) is 2.71. The molecule has 0 aliphatic carbocycles. The summed E-state index contributed by atoms with van der Waals surface area (Å²) in [6.45, 7) is 7.06. The van der Waals surface area contributed by atoms with Gasteiger partial charge in [0.2, 0.25) is 0 Å². The fourth-order valence-electron chi connectivity index (χ4n) is 1.97. The first kappa shape index (κ1) is 15.9. The third-order valence-corrected chi connectivity index (χ3v) is 2.71. The Hall–Kier alpha value is -1.17. The van der Waals surface area contributed by atoms with E-state index in [1.807, 2.05) is 6.92 Å². The molecule has 1 aromatic rings. The second-order valence-electron chi connectivity index (χ2n) is 5.00. The minimum Gasteiger partial charge on any atom is -0.314 e. The Morgan fingerprint density at radius 3 is 2.32 bits per heavy atom. The summed E-state index contributed by atoms with van der Waals surface area (Å²) in [6, 6.07) is 2.61. The molecule has 0 aromatic carbocycles. The molecule has 0 radical (unpaired) electrons. The summed E-state index contributed by atoms with van der Waals surface area (Å²) in [5.74, 6) is 0.520. The van der Waals surface area contributed by atoms with Crippen LogP contribution in [0.5, 0.6) is 0 Å². The van der Waals surface area contributed by atoms with Gasteiger partial charge in [0.15, 0.2) is 5.69 Å². The molecule has 108 valence electrons. The summed E-state index contributed by atoms with van der Waals surface area (Å²) < 4.78 is 37.1. The number of likely N-dealkylation sites (N-methyl/N-ethyl adjacent to an activating group) is 1. The fourth-order valence-corrected chi connectivity index (χ4v) is 1.97. The molecule has 0 aliphatic rings. The van der Waals surface area contributed by atoms with E-state index >= 15 is 0 Å². The fraction of sp³-hybridized carbons (Fsp3) is 0.692. The van der Waals surface area contributed by atoms with Crippen molar-refractivity contribution in [2.24, 2.45) is 5.92 Å². The maximum absolute atomic E-state index is 12.4. The number of nitrogens with zero attached hydrogens (tertiary/aromatic N) is 2. The highest BCUT2D eigenvalue weighted by atomic mass is 19.4. The van der Waals surface area contributed by atoms with E-state index in [-0.39, 0.29) is 6.04 Å². The van der Waals surface area contributed by atoms with Gasteiger partial charge in [-0.25, -0.2) is 0 Å². The number of halogens is 3. The van der Waals surface area contributed by atoms with Crippen LogP contribution in [0.3, 0.4) is 0 Å². The van der Waals surface area contributed by atoms with E-state index in [4.69, 9.17) is 0 Å². The SMILES string of the molecule is CCNC(Cc1ccc(C(F)(F)F)nn1)CC(C)C. The van der Waals surface area contributed by atoms with E-state index in [0.29, 0.717) is 18.0 Å². The van der Waals surface area contributed by atoms with Gasteiger partial charge in [-0.3, -0.25) is 0 Å². The molecule has 0 fully saturated rings. The van der Waals surface area contributed by atoms with Crippen LogP contribution in [0, 0.1) is 5.92 Å². The molecular formula is C13H20F3N3. The van der Waals surface area contributed by atoms with Crippen molar-refractivity contribution in [3.05, 3.63) is 23.5 Å². The first-order valence-electron chi connectivity index (χ1n) is 6.46. The topological polar surface area (TPSA) is 37.8 Å². The van der Waals surface area contributed by atoms with E-state index in [2.05, 4.69) is 29.4 Å². The van der Waals surface area contributed by atoms with Crippen LogP contribution in [-0.4, -0.2) is 22.8 Å². The van der Waals surface area contributed by atoms with E-state index in [1.54, 1.807) is 0 Å². The van der Waals surface area contributed by atoms with Gasteiger partial charge in [0.05, 0.1) is 5.69 Å². The molecule has 0 saturated carbocycles. The average molecular weight is 275 g/mol. The molecule has 0 spiro atoms.